The minimum absolute atomic E-state index is 0. The standard InChI is InChI=1S/C15H22N2O3.ClH/c1-11(13-8-16-9-13)15(19)17-10-12-4-2-3-5-14(12)20-7-6-18;/h2-5,11,13,16,18H,6-10H2,1H3,(H,17,19);1H. The highest BCUT2D eigenvalue weighted by molar-refractivity contribution is 5.85. The van der Waals surface area contributed by atoms with E-state index >= 15 is 0 Å². The molecule has 0 aromatic heterocycles. The van der Waals surface area contributed by atoms with Crippen LogP contribution in [0.4, 0.5) is 0 Å². The van der Waals surface area contributed by atoms with Gasteiger partial charge in [-0.15, -0.1) is 12.4 Å². The van der Waals surface area contributed by atoms with Crippen LogP contribution >= 0.6 is 12.4 Å². The molecule has 5 nitrogen and oxygen atoms in total. The molecule has 21 heavy (non-hydrogen) atoms. The fraction of sp³-hybridized carbons (Fsp3) is 0.533. The first-order chi connectivity index (χ1) is 9.72. The maximum Gasteiger partial charge on any atom is 0.223 e. The van der Waals surface area contributed by atoms with Crippen molar-refractivity contribution in [1.82, 2.24) is 10.6 Å². The molecule has 1 aromatic carbocycles. The Morgan fingerprint density at radius 2 is 2.19 bits per heavy atom. The zero-order valence-corrected chi connectivity index (χ0v) is 13.0. The van der Waals surface area contributed by atoms with Crippen molar-refractivity contribution in [2.45, 2.75) is 13.5 Å². The van der Waals surface area contributed by atoms with Gasteiger partial charge in [-0.1, -0.05) is 25.1 Å². The molecule has 1 amide bonds. The van der Waals surface area contributed by atoms with Gasteiger partial charge in [0.25, 0.3) is 0 Å². The summed E-state index contributed by atoms with van der Waals surface area (Å²) >= 11 is 0. The first-order valence-electron chi connectivity index (χ1n) is 7.02. The quantitative estimate of drug-likeness (QED) is 0.701. The minimum atomic E-state index is -0.0214. The van der Waals surface area contributed by atoms with Crippen LogP contribution in [0.3, 0.4) is 0 Å². The smallest absolute Gasteiger partial charge is 0.223 e. The Morgan fingerprint density at radius 1 is 1.48 bits per heavy atom. The number of amides is 1. The number of carbonyl (C=O) groups is 1. The molecule has 6 heteroatoms. The largest absolute Gasteiger partial charge is 0.491 e. The summed E-state index contributed by atoms with van der Waals surface area (Å²) in [6.07, 6.45) is 0. The summed E-state index contributed by atoms with van der Waals surface area (Å²) in [6.45, 7) is 4.50. The molecule has 1 fully saturated rings. The molecule has 1 aliphatic heterocycles. The number of para-hydroxylation sites is 1. The van der Waals surface area contributed by atoms with Crippen LogP contribution in [0, 0.1) is 11.8 Å². The van der Waals surface area contributed by atoms with Crippen LogP contribution < -0.4 is 15.4 Å². The fourth-order valence-corrected chi connectivity index (χ4v) is 2.17. The van der Waals surface area contributed by atoms with Gasteiger partial charge in [0.15, 0.2) is 0 Å². The van der Waals surface area contributed by atoms with Gasteiger partial charge in [0.05, 0.1) is 6.61 Å². The van der Waals surface area contributed by atoms with E-state index in [1.54, 1.807) is 0 Å². The number of carbonyl (C=O) groups excluding carboxylic acids is 1. The maximum atomic E-state index is 12.1. The number of aliphatic hydroxyl groups excluding tert-OH is 1. The van der Waals surface area contributed by atoms with E-state index < -0.39 is 0 Å². The molecular weight excluding hydrogens is 292 g/mol. The first-order valence-corrected chi connectivity index (χ1v) is 7.02. The monoisotopic (exact) mass is 314 g/mol. The number of ether oxygens (including phenoxy) is 1. The van der Waals surface area contributed by atoms with Crippen molar-refractivity contribution >= 4 is 18.3 Å². The highest BCUT2D eigenvalue weighted by Gasteiger charge is 2.28. The summed E-state index contributed by atoms with van der Waals surface area (Å²) < 4.78 is 5.45. The molecule has 1 aromatic rings. The molecule has 0 spiro atoms. The van der Waals surface area contributed by atoms with Gasteiger partial charge in [0.2, 0.25) is 5.91 Å². The lowest BCUT2D eigenvalue weighted by molar-refractivity contribution is -0.126. The van der Waals surface area contributed by atoms with E-state index in [4.69, 9.17) is 9.84 Å². The van der Waals surface area contributed by atoms with Crippen LogP contribution in [0.1, 0.15) is 12.5 Å². The third-order valence-electron chi connectivity index (χ3n) is 3.71. The zero-order chi connectivity index (χ0) is 14.4. The SMILES string of the molecule is CC(C(=O)NCc1ccccc1OCCO)C1CNC1.Cl. The highest BCUT2D eigenvalue weighted by atomic mass is 35.5. The van der Waals surface area contributed by atoms with Crippen LogP contribution in [0.5, 0.6) is 5.75 Å². The van der Waals surface area contributed by atoms with Crippen molar-refractivity contribution in [3.8, 4) is 5.75 Å². The Morgan fingerprint density at radius 3 is 2.81 bits per heavy atom. The summed E-state index contributed by atoms with van der Waals surface area (Å²) in [6, 6.07) is 7.55. The average molecular weight is 315 g/mol. The molecule has 3 N–H and O–H groups in total. The van der Waals surface area contributed by atoms with Crippen LogP contribution in [-0.2, 0) is 11.3 Å². The Bertz CT molecular complexity index is 452. The summed E-state index contributed by atoms with van der Waals surface area (Å²) in [5, 5.41) is 14.9. The number of hydrogen-bond donors (Lipinski definition) is 3. The lowest BCUT2D eigenvalue weighted by Crippen LogP contribution is -2.49. The summed E-state index contributed by atoms with van der Waals surface area (Å²) in [4.78, 5) is 12.1. The number of rotatable bonds is 7. The van der Waals surface area contributed by atoms with Crippen molar-refractivity contribution in [2.75, 3.05) is 26.3 Å². The summed E-state index contributed by atoms with van der Waals surface area (Å²) in [5.41, 5.74) is 0.924. The number of nitrogens with one attached hydrogen (secondary N) is 2. The van der Waals surface area contributed by atoms with Crippen LogP contribution in [-0.4, -0.2) is 37.3 Å². The topological polar surface area (TPSA) is 70.6 Å². The van der Waals surface area contributed by atoms with E-state index in [1.807, 2.05) is 31.2 Å². The average Bonchev–Trinajstić information content (AvgIpc) is 2.41. The molecule has 0 aliphatic carbocycles. The molecule has 0 saturated carbocycles. The second-order valence-corrected chi connectivity index (χ2v) is 5.10. The van der Waals surface area contributed by atoms with Crippen molar-refractivity contribution < 1.29 is 14.6 Å². The van der Waals surface area contributed by atoms with E-state index in [1.165, 1.54) is 0 Å². The van der Waals surface area contributed by atoms with Gasteiger partial charge in [-0.2, -0.15) is 0 Å². The van der Waals surface area contributed by atoms with Crippen molar-refractivity contribution in [1.29, 1.82) is 0 Å². The van der Waals surface area contributed by atoms with Crippen molar-refractivity contribution in [2.24, 2.45) is 11.8 Å². The molecular formula is C15H23ClN2O3. The predicted molar refractivity (Wildman–Crippen MR) is 83.6 cm³/mol. The van der Waals surface area contributed by atoms with Crippen LogP contribution in [0.25, 0.3) is 0 Å². The first kappa shape index (κ1) is 17.8. The number of aliphatic hydroxyl groups is 1. The van der Waals surface area contributed by atoms with E-state index in [0.29, 0.717) is 18.2 Å². The van der Waals surface area contributed by atoms with Gasteiger partial charge in [-0.25, -0.2) is 0 Å². The predicted octanol–water partition coefficient (Wildman–Crippen LogP) is 0.951. The highest BCUT2D eigenvalue weighted by Crippen LogP contribution is 2.19. The molecule has 1 heterocycles. The zero-order valence-electron chi connectivity index (χ0n) is 12.2. The molecule has 1 unspecified atom stereocenters. The third-order valence-corrected chi connectivity index (χ3v) is 3.71. The van der Waals surface area contributed by atoms with Crippen molar-refractivity contribution in [3.05, 3.63) is 29.8 Å². The third kappa shape index (κ3) is 4.88. The molecule has 1 atom stereocenters. The summed E-state index contributed by atoms with van der Waals surface area (Å²) in [5.74, 6) is 1.26. The second kappa shape index (κ2) is 8.87. The van der Waals surface area contributed by atoms with E-state index in [0.717, 1.165) is 18.7 Å². The fourth-order valence-electron chi connectivity index (χ4n) is 2.17. The molecule has 0 radical (unpaired) electrons. The molecule has 1 saturated heterocycles. The Hall–Kier alpha value is -1.30. The van der Waals surface area contributed by atoms with Crippen LogP contribution in [0.2, 0.25) is 0 Å². The summed E-state index contributed by atoms with van der Waals surface area (Å²) in [7, 11) is 0. The Labute approximate surface area is 131 Å². The van der Waals surface area contributed by atoms with Gasteiger partial charge in [0, 0.05) is 18.0 Å². The van der Waals surface area contributed by atoms with Gasteiger partial charge >= 0.3 is 0 Å². The van der Waals surface area contributed by atoms with Gasteiger partial charge in [0.1, 0.15) is 12.4 Å². The molecule has 1 aliphatic rings. The number of benzene rings is 1. The van der Waals surface area contributed by atoms with Gasteiger partial charge in [-0.3, -0.25) is 4.79 Å². The van der Waals surface area contributed by atoms with Gasteiger partial charge < -0.3 is 20.5 Å². The molecule has 118 valence electrons. The van der Waals surface area contributed by atoms with Crippen molar-refractivity contribution in [3.63, 3.8) is 0 Å². The maximum absolute atomic E-state index is 12.1. The van der Waals surface area contributed by atoms with Gasteiger partial charge in [-0.05, 0) is 25.1 Å². The minimum Gasteiger partial charge on any atom is -0.491 e. The lowest BCUT2D eigenvalue weighted by Gasteiger charge is -2.31. The second-order valence-electron chi connectivity index (χ2n) is 5.10. The van der Waals surface area contributed by atoms with E-state index in [9.17, 15) is 4.79 Å². The van der Waals surface area contributed by atoms with E-state index in [-0.39, 0.29) is 37.4 Å². The van der Waals surface area contributed by atoms with Crippen LogP contribution in [0.15, 0.2) is 24.3 Å². The Kier molecular flexibility index (Phi) is 7.50. The number of hydrogen-bond acceptors (Lipinski definition) is 4. The lowest BCUT2D eigenvalue weighted by atomic mass is 9.88. The molecule has 2 rings (SSSR count). The normalized spacial score (nSPS) is 15.5. The Balaban J connectivity index is 0.00000220. The van der Waals surface area contributed by atoms with E-state index in [2.05, 4.69) is 10.6 Å². The molecule has 0 bridgehead atoms. The number of halogens is 1.